The van der Waals surface area contributed by atoms with Crippen LogP contribution in [0.3, 0.4) is 0 Å². The molecule has 2 aromatic rings. The van der Waals surface area contributed by atoms with E-state index >= 15 is 0 Å². The van der Waals surface area contributed by atoms with Gasteiger partial charge in [-0.1, -0.05) is 58.4 Å². The van der Waals surface area contributed by atoms with E-state index in [9.17, 15) is 15.2 Å². The number of hydrogen-bond acceptors (Lipinski definition) is 5. The van der Waals surface area contributed by atoms with Crippen LogP contribution in [0, 0.1) is 11.3 Å². The van der Waals surface area contributed by atoms with Crippen molar-refractivity contribution in [1.29, 1.82) is 5.26 Å². The van der Waals surface area contributed by atoms with E-state index in [1.54, 1.807) is 24.3 Å². The summed E-state index contributed by atoms with van der Waals surface area (Å²) < 4.78 is 11.2. The monoisotopic (exact) mass is 413 g/mol. The normalized spacial score (nSPS) is 22.3. The van der Waals surface area contributed by atoms with E-state index < -0.39 is 17.7 Å². The molecule has 132 valence electrons. The Morgan fingerprint density at radius 3 is 2.50 bits per heavy atom. The first-order valence-corrected chi connectivity index (χ1v) is 8.73. The molecule has 0 fully saturated rings. The molecule has 5 nitrogen and oxygen atoms in total. The summed E-state index contributed by atoms with van der Waals surface area (Å²) >= 11 is 3.36. The number of rotatable bonds is 3. The van der Waals surface area contributed by atoms with Gasteiger partial charge in [0, 0.05) is 22.4 Å². The summed E-state index contributed by atoms with van der Waals surface area (Å²) in [6.07, 6.45) is -0.105. The SMILES string of the molecule is COC(=O)[C@]1(O)C[C@H](c2ccccc2)C(C#N)=C(c2ccc(Br)cc2)O1. The number of allylic oxidation sites excluding steroid dienone is 1. The second-order valence-electron chi connectivity index (χ2n) is 5.91. The quantitative estimate of drug-likeness (QED) is 0.774. The number of nitriles is 1. The van der Waals surface area contributed by atoms with Gasteiger partial charge in [-0.05, 0) is 17.7 Å². The third-order valence-corrected chi connectivity index (χ3v) is 4.81. The van der Waals surface area contributed by atoms with Crippen molar-refractivity contribution in [3.8, 4) is 6.07 Å². The van der Waals surface area contributed by atoms with Gasteiger partial charge in [-0.25, -0.2) is 4.79 Å². The molecule has 26 heavy (non-hydrogen) atoms. The molecule has 0 aromatic heterocycles. The minimum absolute atomic E-state index is 0.105. The lowest BCUT2D eigenvalue weighted by Gasteiger charge is -2.36. The molecule has 0 spiro atoms. The van der Waals surface area contributed by atoms with Crippen LogP contribution >= 0.6 is 15.9 Å². The fourth-order valence-corrected chi connectivity index (χ4v) is 3.27. The Labute approximate surface area is 159 Å². The summed E-state index contributed by atoms with van der Waals surface area (Å²) in [4.78, 5) is 12.2. The Kier molecular flexibility index (Phi) is 5.12. The number of esters is 1. The number of carbonyl (C=O) groups excluding carboxylic acids is 1. The van der Waals surface area contributed by atoms with Gasteiger partial charge in [0.2, 0.25) is 0 Å². The molecule has 1 aliphatic rings. The van der Waals surface area contributed by atoms with Gasteiger partial charge in [0.15, 0.2) is 0 Å². The maximum atomic E-state index is 12.2. The van der Waals surface area contributed by atoms with E-state index in [1.807, 2.05) is 30.3 Å². The lowest BCUT2D eigenvalue weighted by Crippen LogP contribution is -2.46. The van der Waals surface area contributed by atoms with Crippen molar-refractivity contribution in [2.24, 2.45) is 0 Å². The predicted molar refractivity (Wildman–Crippen MR) is 98.5 cm³/mol. The third-order valence-electron chi connectivity index (χ3n) is 4.28. The van der Waals surface area contributed by atoms with Crippen LogP contribution in [0.4, 0.5) is 0 Å². The Balaban J connectivity index is 2.18. The Morgan fingerprint density at radius 2 is 1.92 bits per heavy atom. The summed E-state index contributed by atoms with van der Waals surface area (Å²) in [7, 11) is 1.18. The molecule has 0 bridgehead atoms. The van der Waals surface area contributed by atoms with E-state index in [-0.39, 0.29) is 12.2 Å². The summed E-state index contributed by atoms with van der Waals surface area (Å²) in [5.41, 5.74) is 1.75. The first-order chi connectivity index (χ1) is 12.5. The van der Waals surface area contributed by atoms with Gasteiger partial charge in [0.05, 0.1) is 18.8 Å². The lowest BCUT2D eigenvalue weighted by atomic mass is 9.82. The van der Waals surface area contributed by atoms with Crippen molar-refractivity contribution in [2.45, 2.75) is 18.1 Å². The number of aliphatic hydroxyl groups is 1. The zero-order valence-corrected chi connectivity index (χ0v) is 15.6. The van der Waals surface area contributed by atoms with Crippen molar-refractivity contribution in [3.63, 3.8) is 0 Å². The topological polar surface area (TPSA) is 79.5 Å². The van der Waals surface area contributed by atoms with Gasteiger partial charge in [0.1, 0.15) is 5.76 Å². The highest BCUT2D eigenvalue weighted by Crippen LogP contribution is 2.44. The van der Waals surface area contributed by atoms with E-state index in [1.165, 1.54) is 7.11 Å². The zero-order chi connectivity index (χ0) is 18.7. The third kappa shape index (κ3) is 3.36. The smallest absolute Gasteiger partial charge is 0.379 e. The van der Waals surface area contributed by atoms with Crippen molar-refractivity contribution in [2.75, 3.05) is 7.11 Å². The molecule has 1 aliphatic heterocycles. The van der Waals surface area contributed by atoms with Gasteiger partial charge < -0.3 is 14.6 Å². The minimum Gasteiger partial charge on any atom is -0.464 e. The van der Waals surface area contributed by atoms with Crippen LogP contribution in [-0.2, 0) is 14.3 Å². The number of ether oxygens (including phenoxy) is 2. The van der Waals surface area contributed by atoms with Crippen LogP contribution in [0.5, 0.6) is 0 Å². The molecule has 0 radical (unpaired) electrons. The Bertz CT molecular complexity index is 886. The number of hydrogen-bond donors (Lipinski definition) is 1. The molecule has 0 unspecified atom stereocenters. The minimum atomic E-state index is -2.17. The molecule has 2 atom stereocenters. The maximum absolute atomic E-state index is 12.2. The lowest BCUT2D eigenvalue weighted by molar-refractivity contribution is -0.210. The molecule has 0 saturated carbocycles. The van der Waals surface area contributed by atoms with Gasteiger partial charge in [-0.2, -0.15) is 5.26 Å². The molecule has 6 heteroatoms. The first kappa shape index (κ1) is 18.2. The second-order valence-corrected chi connectivity index (χ2v) is 6.82. The number of methoxy groups -OCH3 is 1. The van der Waals surface area contributed by atoms with Crippen LogP contribution in [0.15, 0.2) is 64.6 Å². The van der Waals surface area contributed by atoms with Gasteiger partial charge >= 0.3 is 11.8 Å². The summed E-state index contributed by atoms with van der Waals surface area (Å²) in [6, 6.07) is 18.5. The van der Waals surface area contributed by atoms with Gasteiger partial charge in [-0.3, -0.25) is 0 Å². The maximum Gasteiger partial charge on any atom is 0.379 e. The van der Waals surface area contributed by atoms with Crippen LogP contribution < -0.4 is 0 Å². The van der Waals surface area contributed by atoms with Crippen LogP contribution in [-0.4, -0.2) is 24.0 Å². The van der Waals surface area contributed by atoms with Crippen LogP contribution in [0.25, 0.3) is 5.76 Å². The molecule has 0 aliphatic carbocycles. The molecular weight excluding hydrogens is 398 g/mol. The molecule has 1 N–H and O–H groups in total. The molecule has 1 heterocycles. The molecule has 0 saturated heterocycles. The number of nitrogens with zero attached hydrogens (tertiary/aromatic N) is 1. The van der Waals surface area contributed by atoms with E-state index in [4.69, 9.17) is 9.47 Å². The Morgan fingerprint density at radius 1 is 1.27 bits per heavy atom. The average Bonchev–Trinajstić information content (AvgIpc) is 2.68. The summed E-state index contributed by atoms with van der Waals surface area (Å²) in [5, 5.41) is 20.6. The number of carbonyl (C=O) groups is 1. The van der Waals surface area contributed by atoms with Crippen LogP contribution in [0.2, 0.25) is 0 Å². The van der Waals surface area contributed by atoms with Gasteiger partial charge in [-0.15, -0.1) is 0 Å². The fraction of sp³-hybridized carbons (Fsp3) is 0.200. The molecule has 0 amide bonds. The zero-order valence-electron chi connectivity index (χ0n) is 14.0. The number of halogens is 1. The largest absolute Gasteiger partial charge is 0.464 e. The highest BCUT2D eigenvalue weighted by molar-refractivity contribution is 9.10. The highest BCUT2D eigenvalue weighted by Gasteiger charge is 2.48. The Hall–Kier alpha value is -2.62. The summed E-state index contributed by atoms with van der Waals surface area (Å²) in [6.45, 7) is 0. The predicted octanol–water partition coefficient (Wildman–Crippen LogP) is 3.75. The van der Waals surface area contributed by atoms with Crippen molar-refractivity contribution >= 4 is 27.7 Å². The molecule has 3 rings (SSSR count). The van der Waals surface area contributed by atoms with Crippen LogP contribution in [0.1, 0.15) is 23.5 Å². The van der Waals surface area contributed by atoms with Crippen molar-refractivity contribution in [3.05, 3.63) is 75.8 Å². The van der Waals surface area contributed by atoms with E-state index in [2.05, 4.69) is 22.0 Å². The van der Waals surface area contributed by atoms with Crippen molar-refractivity contribution in [1.82, 2.24) is 0 Å². The fourth-order valence-electron chi connectivity index (χ4n) is 3.00. The van der Waals surface area contributed by atoms with Crippen molar-refractivity contribution < 1.29 is 19.4 Å². The molecule has 2 aromatic carbocycles. The number of benzene rings is 2. The average molecular weight is 414 g/mol. The highest BCUT2D eigenvalue weighted by atomic mass is 79.9. The standard InChI is InChI=1S/C20H16BrNO4/c1-25-19(23)20(24)11-16(13-5-3-2-4-6-13)17(12-22)18(26-20)14-7-9-15(21)10-8-14/h2-10,16,24H,11H2,1H3/t16-,20+/m1/s1. The van der Waals surface area contributed by atoms with E-state index in [0.29, 0.717) is 11.1 Å². The van der Waals surface area contributed by atoms with Gasteiger partial charge in [0.25, 0.3) is 0 Å². The first-order valence-electron chi connectivity index (χ1n) is 7.93. The summed E-state index contributed by atoms with van der Waals surface area (Å²) in [5.74, 6) is -3.39. The second kappa shape index (κ2) is 7.32. The molecular formula is C20H16BrNO4. The van der Waals surface area contributed by atoms with E-state index in [0.717, 1.165) is 10.0 Å².